The van der Waals surface area contributed by atoms with E-state index in [4.69, 9.17) is 0 Å². The number of hydrogen-bond donors (Lipinski definition) is 2. The number of benzene rings is 1. The summed E-state index contributed by atoms with van der Waals surface area (Å²) in [5.41, 5.74) is 1.54. The third-order valence-corrected chi connectivity index (χ3v) is 3.37. The van der Waals surface area contributed by atoms with Gasteiger partial charge in [0.1, 0.15) is 11.6 Å². The van der Waals surface area contributed by atoms with Crippen molar-refractivity contribution in [3.05, 3.63) is 83.9 Å². The van der Waals surface area contributed by atoms with Crippen LogP contribution in [0.4, 0.5) is 20.2 Å². The fourth-order valence-corrected chi connectivity index (χ4v) is 2.15. The van der Waals surface area contributed by atoms with Crippen LogP contribution in [0.5, 0.6) is 0 Å². The molecule has 0 bridgehead atoms. The second kappa shape index (κ2) is 7.48. The monoisotopic (exact) mass is 340 g/mol. The van der Waals surface area contributed by atoms with Gasteiger partial charge in [0.25, 0.3) is 5.91 Å². The van der Waals surface area contributed by atoms with E-state index >= 15 is 0 Å². The Hall–Kier alpha value is -3.35. The summed E-state index contributed by atoms with van der Waals surface area (Å²) < 4.78 is 26.6. The highest BCUT2D eigenvalue weighted by molar-refractivity contribution is 5.94. The molecule has 0 atom stereocenters. The van der Waals surface area contributed by atoms with E-state index in [2.05, 4.69) is 20.6 Å². The summed E-state index contributed by atoms with van der Waals surface area (Å²) in [6.45, 7) is 0.282. The SMILES string of the molecule is O=C(NCc1ccccn1)c1cncc(Nc2ccc(F)cc2F)c1. The van der Waals surface area contributed by atoms with E-state index in [1.54, 1.807) is 18.3 Å². The maximum atomic E-state index is 13.7. The maximum absolute atomic E-state index is 13.7. The lowest BCUT2D eigenvalue weighted by Crippen LogP contribution is -2.23. The highest BCUT2D eigenvalue weighted by Gasteiger charge is 2.09. The first-order valence-corrected chi connectivity index (χ1v) is 7.47. The number of aromatic nitrogens is 2. The molecule has 3 rings (SSSR count). The number of carbonyl (C=O) groups is 1. The highest BCUT2D eigenvalue weighted by atomic mass is 19.1. The smallest absolute Gasteiger partial charge is 0.253 e. The number of anilines is 2. The van der Waals surface area contributed by atoms with Crippen LogP contribution in [-0.4, -0.2) is 15.9 Å². The molecule has 0 unspecified atom stereocenters. The number of pyridine rings is 2. The zero-order valence-corrected chi connectivity index (χ0v) is 13.0. The molecule has 0 radical (unpaired) electrons. The summed E-state index contributed by atoms with van der Waals surface area (Å²) in [5.74, 6) is -1.73. The Bertz CT molecular complexity index is 887. The van der Waals surface area contributed by atoms with E-state index in [1.165, 1.54) is 24.5 Å². The lowest BCUT2D eigenvalue weighted by molar-refractivity contribution is 0.0950. The van der Waals surface area contributed by atoms with Gasteiger partial charge in [-0.2, -0.15) is 0 Å². The second-order valence-electron chi connectivity index (χ2n) is 5.22. The van der Waals surface area contributed by atoms with Gasteiger partial charge in [-0.1, -0.05) is 6.07 Å². The molecule has 0 saturated carbocycles. The van der Waals surface area contributed by atoms with Gasteiger partial charge < -0.3 is 10.6 Å². The van der Waals surface area contributed by atoms with Crippen molar-refractivity contribution in [3.8, 4) is 0 Å². The molecule has 2 aromatic heterocycles. The average Bonchev–Trinajstić information content (AvgIpc) is 2.63. The number of amides is 1. The number of hydrogen-bond acceptors (Lipinski definition) is 4. The van der Waals surface area contributed by atoms with Crippen molar-refractivity contribution in [2.24, 2.45) is 0 Å². The zero-order valence-electron chi connectivity index (χ0n) is 13.0. The fraction of sp³-hybridized carbons (Fsp3) is 0.0556. The maximum Gasteiger partial charge on any atom is 0.253 e. The van der Waals surface area contributed by atoms with Crippen LogP contribution in [0.1, 0.15) is 16.1 Å². The van der Waals surface area contributed by atoms with Gasteiger partial charge in [-0.05, 0) is 30.3 Å². The Morgan fingerprint density at radius 3 is 2.72 bits per heavy atom. The van der Waals surface area contributed by atoms with Crippen molar-refractivity contribution < 1.29 is 13.6 Å². The van der Waals surface area contributed by atoms with Crippen molar-refractivity contribution in [3.63, 3.8) is 0 Å². The molecule has 3 aromatic rings. The molecule has 1 amide bonds. The summed E-state index contributed by atoms with van der Waals surface area (Å²) in [6, 6.07) is 10.1. The van der Waals surface area contributed by atoms with Crippen molar-refractivity contribution in [1.29, 1.82) is 0 Å². The van der Waals surface area contributed by atoms with E-state index < -0.39 is 11.6 Å². The lowest BCUT2D eigenvalue weighted by Gasteiger charge is -2.09. The van der Waals surface area contributed by atoms with Gasteiger partial charge in [0.2, 0.25) is 0 Å². The topological polar surface area (TPSA) is 66.9 Å². The zero-order chi connectivity index (χ0) is 17.6. The lowest BCUT2D eigenvalue weighted by atomic mass is 10.2. The van der Waals surface area contributed by atoms with E-state index in [0.29, 0.717) is 11.3 Å². The molecular formula is C18H14F2N4O. The Morgan fingerprint density at radius 1 is 1.08 bits per heavy atom. The minimum absolute atomic E-state index is 0.0919. The molecule has 25 heavy (non-hydrogen) atoms. The number of halogens is 2. The van der Waals surface area contributed by atoms with Gasteiger partial charge in [-0.25, -0.2) is 8.78 Å². The summed E-state index contributed by atoms with van der Waals surface area (Å²) >= 11 is 0. The minimum Gasteiger partial charge on any atom is -0.352 e. The summed E-state index contributed by atoms with van der Waals surface area (Å²) in [5, 5.41) is 5.50. The van der Waals surface area contributed by atoms with Gasteiger partial charge in [-0.3, -0.25) is 14.8 Å². The summed E-state index contributed by atoms with van der Waals surface area (Å²) in [6.07, 6.45) is 4.49. The molecule has 0 aliphatic carbocycles. The van der Waals surface area contributed by atoms with Gasteiger partial charge in [-0.15, -0.1) is 0 Å². The van der Waals surface area contributed by atoms with Crippen LogP contribution in [0.25, 0.3) is 0 Å². The first-order chi connectivity index (χ1) is 12.1. The van der Waals surface area contributed by atoms with Gasteiger partial charge >= 0.3 is 0 Å². The van der Waals surface area contributed by atoms with Crippen molar-refractivity contribution in [2.75, 3.05) is 5.32 Å². The van der Waals surface area contributed by atoms with Crippen molar-refractivity contribution in [1.82, 2.24) is 15.3 Å². The van der Waals surface area contributed by atoms with E-state index in [1.807, 2.05) is 6.07 Å². The number of carbonyl (C=O) groups excluding carboxylic acids is 1. The number of nitrogens with one attached hydrogen (secondary N) is 2. The molecule has 0 aliphatic rings. The third kappa shape index (κ3) is 4.35. The molecule has 2 heterocycles. The van der Waals surface area contributed by atoms with Crippen LogP contribution in [0.3, 0.4) is 0 Å². The number of rotatable bonds is 5. The Balaban J connectivity index is 1.69. The summed E-state index contributed by atoms with van der Waals surface area (Å²) in [7, 11) is 0. The van der Waals surface area contributed by atoms with Crippen LogP contribution >= 0.6 is 0 Å². The molecule has 5 nitrogen and oxygen atoms in total. The third-order valence-electron chi connectivity index (χ3n) is 3.37. The largest absolute Gasteiger partial charge is 0.352 e. The Kier molecular flexibility index (Phi) is 4.94. The molecule has 0 fully saturated rings. The predicted molar refractivity (Wildman–Crippen MR) is 89.3 cm³/mol. The Morgan fingerprint density at radius 2 is 1.96 bits per heavy atom. The van der Waals surface area contributed by atoms with Crippen molar-refractivity contribution >= 4 is 17.3 Å². The van der Waals surface area contributed by atoms with Crippen LogP contribution in [-0.2, 0) is 6.54 Å². The van der Waals surface area contributed by atoms with Crippen molar-refractivity contribution in [2.45, 2.75) is 6.54 Å². The fourth-order valence-electron chi connectivity index (χ4n) is 2.15. The molecule has 0 spiro atoms. The van der Waals surface area contributed by atoms with Crippen LogP contribution in [0.2, 0.25) is 0 Å². The molecule has 7 heteroatoms. The van der Waals surface area contributed by atoms with Crippen LogP contribution < -0.4 is 10.6 Å². The van der Waals surface area contributed by atoms with E-state index in [-0.39, 0.29) is 18.1 Å². The molecule has 126 valence electrons. The minimum atomic E-state index is -0.731. The average molecular weight is 340 g/mol. The Labute approximate surface area is 142 Å². The molecule has 0 aliphatic heterocycles. The molecule has 1 aromatic carbocycles. The van der Waals surface area contributed by atoms with Crippen LogP contribution in [0, 0.1) is 11.6 Å². The first kappa shape index (κ1) is 16.5. The van der Waals surface area contributed by atoms with E-state index in [0.717, 1.165) is 17.8 Å². The summed E-state index contributed by atoms with van der Waals surface area (Å²) in [4.78, 5) is 20.3. The van der Waals surface area contributed by atoms with Gasteiger partial charge in [0.15, 0.2) is 0 Å². The normalized spacial score (nSPS) is 10.3. The second-order valence-corrected chi connectivity index (χ2v) is 5.22. The molecule has 0 saturated heterocycles. The predicted octanol–water partition coefficient (Wildman–Crippen LogP) is 3.43. The molecule has 2 N–H and O–H groups in total. The van der Waals surface area contributed by atoms with Gasteiger partial charge in [0.05, 0.1) is 35.4 Å². The van der Waals surface area contributed by atoms with Gasteiger partial charge in [0, 0.05) is 18.5 Å². The number of nitrogens with zero attached hydrogens (tertiary/aromatic N) is 2. The van der Waals surface area contributed by atoms with E-state index in [9.17, 15) is 13.6 Å². The quantitative estimate of drug-likeness (QED) is 0.747. The first-order valence-electron chi connectivity index (χ1n) is 7.47. The van der Waals surface area contributed by atoms with Crippen LogP contribution in [0.15, 0.2) is 61.1 Å². The molecular weight excluding hydrogens is 326 g/mol. The highest BCUT2D eigenvalue weighted by Crippen LogP contribution is 2.20. The standard InChI is InChI=1S/C18H14F2N4O/c19-13-4-5-17(16(20)8-13)24-15-7-12(9-21-10-15)18(25)23-11-14-3-1-2-6-22-14/h1-10,24H,11H2,(H,23,25).